The predicted molar refractivity (Wildman–Crippen MR) is 62.9 cm³/mol. The van der Waals surface area contributed by atoms with Crippen molar-refractivity contribution in [1.82, 2.24) is 4.90 Å². The van der Waals surface area contributed by atoms with E-state index in [1.165, 1.54) is 10.5 Å². The van der Waals surface area contributed by atoms with Gasteiger partial charge in [0.25, 0.3) is 0 Å². The lowest BCUT2D eigenvalue weighted by Gasteiger charge is -2.12. The summed E-state index contributed by atoms with van der Waals surface area (Å²) in [5.41, 5.74) is 1.18. The lowest BCUT2D eigenvalue weighted by Crippen LogP contribution is -2.26. The van der Waals surface area contributed by atoms with Gasteiger partial charge in [0.05, 0.1) is 0 Å². The number of likely N-dealkylation sites (tertiary alicyclic amines) is 1. The van der Waals surface area contributed by atoms with Crippen molar-refractivity contribution in [3.05, 3.63) is 34.9 Å². The molecule has 1 amide bonds. The van der Waals surface area contributed by atoms with Crippen LogP contribution in [0, 0.1) is 5.92 Å². The van der Waals surface area contributed by atoms with Gasteiger partial charge in [-0.3, -0.25) is 0 Å². The Morgan fingerprint density at radius 1 is 1.56 bits per heavy atom. The molecule has 1 aromatic carbocycles. The van der Waals surface area contributed by atoms with Gasteiger partial charge in [-0.1, -0.05) is 23.7 Å². The fraction of sp³-hybridized carbons (Fsp3) is 0.417. The number of hydrogen-bond acceptors (Lipinski definition) is 1. The van der Waals surface area contributed by atoms with Crippen molar-refractivity contribution in [2.45, 2.75) is 12.8 Å². The summed E-state index contributed by atoms with van der Waals surface area (Å²) in [6.07, 6.45) is 1.04. The lowest BCUT2D eigenvalue weighted by atomic mass is 9.99. The van der Waals surface area contributed by atoms with Gasteiger partial charge in [-0.05, 0) is 36.5 Å². The van der Waals surface area contributed by atoms with Crippen LogP contribution in [-0.2, 0) is 6.42 Å². The van der Waals surface area contributed by atoms with Crippen LogP contribution < -0.4 is 0 Å². The molecular formula is C12H14ClNO2. The maximum atomic E-state index is 10.8. The van der Waals surface area contributed by atoms with Crippen LogP contribution in [0.2, 0.25) is 5.02 Å². The smallest absolute Gasteiger partial charge is 0.407 e. The Labute approximate surface area is 99.6 Å². The van der Waals surface area contributed by atoms with Crippen LogP contribution in [-0.4, -0.2) is 29.2 Å². The van der Waals surface area contributed by atoms with Crippen molar-refractivity contribution in [2.24, 2.45) is 5.92 Å². The van der Waals surface area contributed by atoms with Crippen molar-refractivity contribution < 1.29 is 9.90 Å². The zero-order chi connectivity index (χ0) is 11.5. The molecular weight excluding hydrogens is 226 g/mol. The van der Waals surface area contributed by atoms with Gasteiger partial charge in [0, 0.05) is 18.1 Å². The monoisotopic (exact) mass is 239 g/mol. The van der Waals surface area contributed by atoms with Crippen molar-refractivity contribution >= 4 is 17.7 Å². The first-order valence-electron chi connectivity index (χ1n) is 5.37. The van der Waals surface area contributed by atoms with E-state index in [4.69, 9.17) is 16.7 Å². The molecule has 0 spiro atoms. The molecule has 1 N–H and O–H groups in total. The summed E-state index contributed by atoms with van der Waals surface area (Å²) in [6.45, 7) is 1.29. The number of carboxylic acid groups (broad SMARTS) is 1. The normalized spacial score (nSPS) is 20.1. The van der Waals surface area contributed by atoms with Gasteiger partial charge in [-0.2, -0.15) is 0 Å². The standard InChI is InChI=1S/C12H14ClNO2/c13-11-3-1-2-9(7-11)6-10-4-5-14(8-10)12(15)16/h1-3,7,10H,4-6,8H2,(H,15,16). The molecule has 1 saturated heterocycles. The topological polar surface area (TPSA) is 40.5 Å². The maximum absolute atomic E-state index is 10.8. The van der Waals surface area contributed by atoms with Crippen LogP contribution in [0.15, 0.2) is 24.3 Å². The molecule has 86 valence electrons. The zero-order valence-electron chi connectivity index (χ0n) is 8.90. The van der Waals surface area contributed by atoms with Crippen LogP contribution in [0.1, 0.15) is 12.0 Å². The summed E-state index contributed by atoms with van der Waals surface area (Å²) in [4.78, 5) is 12.2. The number of amides is 1. The van der Waals surface area contributed by atoms with E-state index in [0.717, 1.165) is 17.9 Å². The van der Waals surface area contributed by atoms with E-state index >= 15 is 0 Å². The average Bonchev–Trinajstić information content (AvgIpc) is 2.66. The van der Waals surface area contributed by atoms with Gasteiger partial charge in [-0.25, -0.2) is 4.79 Å². The molecule has 0 bridgehead atoms. The van der Waals surface area contributed by atoms with Crippen molar-refractivity contribution in [3.63, 3.8) is 0 Å². The molecule has 2 rings (SSSR count). The molecule has 1 atom stereocenters. The molecule has 1 fully saturated rings. The highest BCUT2D eigenvalue weighted by Crippen LogP contribution is 2.22. The van der Waals surface area contributed by atoms with E-state index in [2.05, 4.69) is 0 Å². The third-order valence-electron chi connectivity index (χ3n) is 2.97. The minimum atomic E-state index is -0.811. The highest BCUT2D eigenvalue weighted by Gasteiger charge is 2.25. The molecule has 1 aromatic rings. The van der Waals surface area contributed by atoms with Gasteiger partial charge in [0.2, 0.25) is 0 Å². The van der Waals surface area contributed by atoms with Crippen LogP contribution >= 0.6 is 11.6 Å². The minimum Gasteiger partial charge on any atom is -0.465 e. The van der Waals surface area contributed by atoms with Crippen LogP contribution in [0.25, 0.3) is 0 Å². The molecule has 1 heterocycles. The molecule has 1 unspecified atom stereocenters. The van der Waals surface area contributed by atoms with E-state index in [1.54, 1.807) is 0 Å². The second-order valence-electron chi connectivity index (χ2n) is 4.22. The Hall–Kier alpha value is -1.22. The van der Waals surface area contributed by atoms with Crippen molar-refractivity contribution in [3.8, 4) is 0 Å². The Kier molecular flexibility index (Phi) is 3.34. The fourth-order valence-electron chi connectivity index (χ4n) is 2.17. The SMILES string of the molecule is O=C(O)N1CCC(Cc2cccc(Cl)c2)C1. The third kappa shape index (κ3) is 2.67. The number of halogens is 1. The summed E-state index contributed by atoms with van der Waals surface area (Å²) in [7, 11) is 0. The minimum absolute atomic E-state index is 0.426. The Balaban J connectivity index is 1.94. The van der Waals surface area contributed by atoms with Crippen molar-refractivity contribution in [1.29, 1.82) is 0 Å². The Morgan fingerprint density at radius 2 is 2.38 bits per heavy atom. The van der Waals surface area contributed by atoms with Gasteiger partial charge in [-0.15, -0.1) is 0 Å². The van der Waals surface area contributed by atoms with Crippen molar-refractivity contribution in [2.75, 3.05) is 13.1 Å². The first-order chi connectivity index (χ1) is 7.65. The molecule has 1 aliphatic heterocycles. The molecule has 4 heteroatoms. The number of rotatable bonds is 2. The van der Waals surface area contributed by atoms with Crippen LogP contribution in [0.3, 0.4) is 0 Å². The van der Waals surface area contributed by atoms with Gasteiger partial charge < -0.3 is 10.0 Å². The molecule has 16 heavy (non-hydrogen) atoms. The first-order valence-corrected chi connectivity index (χ1v) is 5.75. The van der Waals surface area contributed by atoms with Gasteiger partial charge in [0.1, 0.15) is 0 Å². The van der Waals surface area contributed by atoms with E-state index in [0.29, 0.717) is 19.0 Å². The molecule has 0 aliphatic carbocycles. The predicted octanol–water partition coefficient (Wildman–Crippen LogP) is 2.88. The largest absolute Gasteiger partial charge is 0.465 e. The quantitative estimate of drug-likeness (QED) is 0.862. The summed E-state index contributed by atoms with van der Waals surface area (Å²) < 4.78 is 0. The highest BCUT2D eigenvalue weighted by atomic mass is 35.5. The molecule has 0 radical (unpaired) electrons. The van der Waals surface area contributed by atoms with Crippen LogP contribution in [0.4, 0.5) is 4.79 Å². The first kappa shape index (κ1) is 11.3. The molecule has 0 saturated carbocycles. The Morgan fingerprint density at radius 3 is 3.00 bits per heavy atom. The fourth-order valence-corrected chi connectivity index (χ4v) is 2.38. The van der Waals surface area contributed by atoms with E-state index in [1.807, 2.05) is 24.3 Å². The summed E-state index contributed by atoms with van der Waals surface area (Å²) in [5, 5.41) is 9.59. The highest BCUT2D eigenvalue weighted by molar-refractivity contribution is 6.30. The Bertz CT molecular complexity index is 394. The molecule has 1 aliphatic rings. The number of hydrogen-bond donors (Lipinski definition) is 1. The maximum Gasteiger partial charge on any atom is 0.407 e. The zero-order valence-corrected chi connectivity index (χ0v) is 9.65. The number of benzene rings is 1. The third-order valence-corrected chi connectivity index (χ3v) is 3.20. The van der Waals surface area contributed by atoms with E-state index in [-0.39, 0.29) is 0 Å². The summed E-state index contributed by atoms with van der Waals surface area (Å²) in [6, 6.07) is 7.77. The lowest BCUT2D eigenvalue weighted by molar-refractivity contribution is 0.154. The summed E-state index contributed by atoms with van der Waals surface area (Å²) >= 11 is 5.90. The van der Waals surface area contributed by atoms with Crippen LogP contribution in [0.5, 0.6) is 0 Å². The molecule has 0 aromatic heterocycles. The van der Waals surface area contributed by atoms with E-state index in [9.17, 15) is 4.79 Å². The number of carbonyl (C=O) groups is 1. The van der Waals surface area contributed by atoms with Gasteiger partial charge in [0.15, 0.2) is 0 Å². The second-order valence-corrected chi connectivity index (χ2v) is 4.65. The van der Waals surface area contributed by atoms with E-state index < -0.39 is 6.09 Å². The number of nitrogens with zero attached hydrogens (tertiary/aromatic N) is 1. The molecule has 3 nitrogen and oxygen atoms in total. The average molecular weight is 240 g/mol. The van der Waals surface area contributed by atoms with Gasteiger partial charge >= 0.3 is 6.09 Å². The summed E-state index contributed by atoms with van der Waals surface area (Å²) in [5.74, 6) is 0.426. The second kappa shape index (κ2) is 4.74.